The van der Waals surface area contributed by atoms with Crippen LogP contribution in [0.3, 0.4) is 0 Å². The van der Waals surface area contributed by atoms with Crippen LogP contribution in [0.2, 0.25) is 0 Å². The van der Waals surface area contributed by atoms with Crippen LogP contribution in [-0.2, 0) is 19.1 Å². The number of carbonyl (C=O) groups excluding carboxylic acids is 3. The average Bonchev–Trinajstić information content (AvgIpc) is 3.24. The van der Waals surface area contributed by atoms with Gasteiger partial charge in [-0.15, -0.1) is 0 Å². The van der Waals surface area contributed by atoms with E-state index in [9.17, 15) is 14.4 Å². The molecule has 3 rings (SSSR count). The van der Waals surface area contributed by atoms with Gasteiger partial charge in [0.2, 0.25) is 11.8 Å². The van der Waals surface area contributed by atoms with Crippen molar-refractivity contribution < 1.29 is 19.1 Å². The van der Waals surface area contributed by atoms with Crippen LogP contribution in [0.15, 0.2) is 0 Å². The van der Waals surface area contributed by atoms with Gasteiger partial charge in [0.1, 0.15) is 0 Å². The highest BCUT2D eigenvalue weighted by Gasteiger charge is 2.29. The Balaban J connectivity index is 1.35. The van der Waals surface area contributed by atoms with Gasteiger partial charge in [-0.05, 0) is 25.7 Å². The fraction of sp³-hybridized carbons (Fsp3) is 0.842. The molecule has 0 saturated carbocycles. The molecule has 3 saturated heterocycles. The van der Waals surface area contributed by atoms with Gasteiger partial charge < -0.3 is 14.5 Å². The van der Waals surface area contributed by atoms with Crippen molar-refractivity contribution in [3.8, 4) is 0 Å². The van der Waals surface area contributed by atoms with E-state index in [0.29, 0.717) is 39.0 Å². The van der Waals surface area contributed by atoms with Crippen LogP contribution in [0.25, 0.3) is 0 Å². The number of hydrogen-bond donors (Lipinski definition) is 0. The molecule has 0 atom stereocenters. The van der Waals surface area contributed by atoms with Crippen LogP contribution in [0.5, 0.6) is 0 Å². The Morgan fingerprint density at radius 3 is 1.63 bits per heavy atom. The van der Waals surface area contributed by atoms with E-state index in [1.165, 1.54) is 7.11 Å². The molecule has 8 heteroatoms. The van der Waals surface area contributed by atoms with Gasteiger partial charge >= 0.3 is 5.97 Å². The molecule has 2 amide bonds. The molecule has 0 spiro atoms. The number of piperidine rings is 1. The number of rotatable bonds is 5. The number of nitrogens with zero attached hydrogens (tertiary/aromatic N) is 4. The SMILES string of the molecule is COC(=O)C1CCN(C(=O)CN2CCN(CC(=O)N3CCCC3)CC2)CC1. The summed E-state index contributed by atoms with van der Waals surface area (Å²) in [6.45, 7) is 7.29. The number of piperazine rings is 1. The molecule has 3 heterocycles. The highest BCUT2D eigenvalue weighted by atomic mass is 16.5. The molecule has 0 N–H and O–H groups in total. The Bertz CT molecular complexity index is 534. The maximum Gasteiger partial charge on any atom is 0.308 e. The quantitative estimate of drug-likeness (QED) is 0.607. The summed E-state index contributed by atoms with van der Waals surface area (Å²) in [7, 11) is 1.41. The molecule has 3 aliphatic heterocycles. The van der Waals surface area contributed by atoms with Gasteiger partial charge in [0.05, 0.1) is 26.1 Å². The normalized spacial score (nSPS) is 22.9. The van der Waals surface area contributed by atoms with Crippen molar-refractivity contribution in [2.75, 3.05) is 72.6 Å². The summed E-state index contributed by atoms with van der Waals surface area (Å²) in [5, 5.41) is 0. The lowest BCUT2D eigenvalue weighted by molar-refractivity contribution is -0.149. The third-order valence-corrected chi connectivity index (χ3v) is 6.02. The molecule has 152 valence electrons. The average molecular weight is 380 g/mol. The summed E-state index contributed by atoms with van der Waals surface area (Å²) >= 11 is 0. The molecule has 0 bridgehead atoms. The molecular formula is C19H32N4O4. The number of methoxy groups -OCH3 is 1. The lowest BCUT2D eigenvalue weighted by atomic mass is 9.97. The molecule has 0 aromatic carbocycles. The van der Waals surface area contributed by atoms with Gasteiger partial charge in [0.15, 0.2) is 0 Å². The minimum atomic E-state index is -0.165. The number of carbonyl (C=O) groups is 3. The fourth-order valence-electron chi connectivity index (χ4n) is 4.19. The maximum absolute atomic E-state index is 12.5. The van der Waals surface area contributed by atoms with E-state index in [0.717, 1.165) is 52.1 Å². The molecule has 0 aromatic rings. The van der Waals surface area contributed by atoms with Gasteiger partial charge in [-0.3, -0.25) is 24.2 Å². The fourth-order valence-corrected chi connectivity index (χ4v) is 4.19. The first-order valence-corrected chi connectivity index (χ1v) is 10.1. The van der Waals surface area contributed by atoms with Gasteiger partial charge in [-0.2, -0.15) is 0 Å². The lowest BCUT2D eigenvalue weighted by Crippen LogP contribution is -2.52. The van der Waals surface area contributed by atoms with E-state index in [1.54, 1.807) is 0 Å². The smallest absolute Gasteiger partial charge is 0.308 e. The first-order valence-electron chi connectivity index (χ1n) is 10.1. The zero-order valence-corrected chi connectivity index (χ0v) is 16.4. The standard InChI is InChI=1S/C19H32N4O4/c1-27-19(26)16-4-8-23(9-5-16)18(25)15-21-12-10-20(11-13-21)14-17(24)22-6-2-3-7-22/h16H,2-15H2,1H3. The van der Waals surface area contributed by atoms with Crippen molar-refractivity contribution >= 4 is 17.8 Å². The molecule has 0 unspecified atom stereocenters. The van der Waals surface area contributed by atoms with Gasteiger partial charge in [0.25, 0.3) is 0 Å². The Morgan fingerprint density at radius 1 is 0.741 bits per heavy atom. The Hall–Kier alpha value is -1.67. The van der Waals surface area contributed by atoms with Crippen molar-refractivity contribution in [2.45, 2.75) is 25.7 Å². The zero-order chi connectivity index (χ0) is 19.2. The molecule has 3 fully saturated rings. The molecule has 3 aliphatic rings. The summed E-state index contributed by atoms with van der Waals surface area (Å²) in [5.74, 6) is 0.142. The van der Waals surface area contributed by atoms with Crippen molar-refractivity contribution in [3.63, 3.8) is 0 Å². The molecule has 8 nitrogen and oxygen atoms in total. The van der Waals surface area contributed by atoms with Crippen molar-refractivity contribution in [1.82, 2.24) is 19.6 Å². The predicted octanol–water partition coefficient (Wildman–Crippen LogP) is -0.362. The minimum absolute atomic E-state index is 0.0734. The number of likely N-dealkylation sites (tertiary alicyclic amines) is 2. The third kappa shape index (κ3) is 5.42. The van der Waals surface area contributed by atoms with E-state index < -0.39 is 0 Å². The Labute approximate surface area is 161 Å². The van der Waals surface area contributed by atoms with Gasteiger partial charge in [0, 0.05) is 52.4 Å². The number of hydrogen-bond acceptors (Lipinski definition) is 6. The molecule has 0 radical (unpaired) electrons. The Kier molecular flexibility index (Phi) is 7.07. The predicted molar refractivity (Wildman–Crippen MR) is 100 cm³/mol. The van der Waals surface area contributed by atoms with Crippen LogP contribution in [0.4, 0.5) is 0 Å². The monoisotopic (exact) mass is 380 g/mol. The largest absolute Gasteiger partial charge is 0.469 e. The summed E-state index contributed by atoms with van der Waals surface area (Å²) < 4.78 is 4.79. The van der Waals surface area contributed by atoms with Crippen LogP contribution < -0.4 is 0 Å². The van der Waals surface area contributed by atoms with Crippen molar-refractivity contribution in [2.24, 2.45) is 5.92 Å². The first-order chi connectivity index (χ1) is 13.1. The molecular weight excluding hydrogens is 348 g/mol. The van der Waals surface area contributed by atoms with E-state index >= 15 is 0 Å². The first kappa shape index (κ1) is 20.1. The molecule has 0 aromatic heterocycles. The van der Waals surface area contributed by atoms with Crippen LogP contribution in [0.1, 0.15) is 25.7 Å². The second-order valence-corrected chi connectivity index (χ2v) is 7.82. The Morgan fingerprint density at radius 2 is 1.19 bits per heavy atom. The highest BCUT2D eigenvalue weighted by molar-refractivity contribution is 5.79. The van der Waals surface area contributed by atoms with E-state index in [1.807, 2.05) is 9.80 Å². The van der Waals surface area contributed by atoms with Crippen LogP contribution in [-0.4, -0.2) is 110 Å². The second-order valence-electron chi connectivity index (χ2n) is 7.82. The van der Waals surface area contributed by atoms with Gasteiger partial charge in [-0.1, -0.05) is 0 Å². The maximum atomic E-state index is 12.5. The molecule has 0 aliphatic carbocycles. The summed E-state index contributed by atoms with van der Waals surface area (Å²) in [6.07, 6.45) is 3.62. The summed E-state index contributed by atoms with van der Waals surface area (Å²) in [5.41, 5.74) is 0. The van der Waals surface area contributed by atoms with Crippen molar-refractivity contribution in [1.29, 1.82) is 0 Å². The minimum Gasteiger partial charge on any atom is -0.469 e. The number of esters is 1. The second kappa shape index (κ2) is 9.50. The molecule has 27 heavy (non-hydrogen) atoms. The van der Waals surface area contributed by atoms with Crippen molar-refractivity contribution in [3.05, 3.63) is 0 Å². The van der Waals surface area contributed by atoms with Crippen LogP contribution in [0, 0.1) is 5.92 Å². The van der Waals surface area contributed by atoms with E-state index in [4.69, 9.17) is 4.74 Å². The van der Waals surface area contributed by atoms with Crippen LogP contribution >= 0.6 is 0 Å². The number of ether oxygens (including phenoxy) is 1. The lowest BCUT2D eigenvalue weighted by Gasteiger charge is -2.36. The third-order valence-electron chi connectivity index (χ3n) is 6.02. The summed E-state index contributed by atoms with van der Waals surface area (Å²) in [4.78, 5) is 44.6. The summed E-state index contributed by atoms with van der Waals surface area (Å²) in [6, 6.07) is 0. The topological polar surface area (TPSA) is 73.4 Å². The van der Waals surface area contributed by atoms with E-state index in [2.05, 4.69) is 9.80 Å². The number of amides is 2. The highest BCUT2D eigenvalue weighted by Crippen LogP contribution is 2.19. The zero-order valence-electron chi connectivity index (χ0n) is 16.4. The van der Waals surface area contributed by atoms with Gasteiger partial charge in [-0.25, -0.2) is 0 Å². The van der Waals surface area contributed by atoms with E-state index in [-0.39, 0.29) is 23.7 Å².